The van der Waals surface area contributed by atoms with Gasteiger partial charge in [-0.1, -0.05) is 30.3 Å². The molecule has 2 N–H and O–H groups in total. The number of carbonyl (C=O) groups is 2. The zero-order valence-electron chi connectivity index (χ0n) is 13.8. The van der Waals surface area contributed by atoms with Gasteiger partial charge in [-0.15, -0.1) is 0 Å². The van der Waals surface area contributed by atoms with Gasteiger partial charge in [-0.2, -0.15) is 0 Å². The predicted molar refractivity (Wildman–Crippen MR) is 87.6 cm³/mol. The van der Waals surface area contributed by atoms with Crippen molar-refractivity contribution in [2.45, 2.75) is 38.5 Å². The van der Waals surface area contributed by atoms with Crippen LogP contribution in [-0.2, 0) is 16.1 Å². The molecule has 1 heterocycles. The molecule has 2 amide bonds. The standard InChI is InChI=1S/C17H25N3O3/c1-13(18)16(21)20-10-6-9-15(11-20)19(2)17(22)23-12-14-7-4-3-5-8-14/h3-5,7-8,13,15H,6,9-12,18H2,1-2H3/t13-,15?/m0/s1. The maximum atomic E-state index is 12.2. The molecule has 0 spiro atoms. The van der Waals surface area contributed by atoms with Gasteiger partial charge in [0.2, 0.25) is 5.91 Å². The Hall–Kier alpha value is -2.08. The first kappa shape index (κ1) is 17.3. The fourth-order valence-electron chi connectivity index (χ4n) is 2.73. The van der Waals surface area contributed by atoms with Crippen LogP contribution in [0.25, 0.3) is 0 Å². The summed E-state index contributed by atoms with van der Waals surface area (Å²) in [6, 6.07) is 9.02. The molecular formula is C17H25N3O3. The molecule has 2 rings (SSSR count). The van der Waals surface area contributed by atoms with Gasteiger partial charge >= 0.3 is 6.09 Å². The summed E-state index contributed by atoms with van der Waals surface area (Å²) < 4.78 is 5.35. The van der Waals surface area contributed by atoms with E-state index in [1.165, 1.54) is 0 Å². The van der Waals surface area contributed by atoms with Gasteiger partial charge < -0.3 is 20.3 Å². The first-order valence-corrected chi connectivity index (χ1v) is 7.97. The summed E-state index contributed by atoms with van der Waals surface area (Å²) in [6.45, 7) is 3.14. The molecule has 126 valence electrons. The molecular weight excluding hydrogens is 294 g/mol. The molecule has 2 atom stereocenters. The second-order valence-electron chi connectivity index (χ2n) is 6.02. The van der Waals surface area contributed by atoms with Gasteiger partial charge in [0.1, 0.15) is 6.61 Å². The Balaban J connectivity index is 1.87. The molecule has 1 saturated heterocycles. The summed E-state index contributed by atoms with van der Waals surface area (Å²) in [7, 11) is 1.72. The fourth-order valence-corrected chi connectivity index (χ4v) is 2.73. The van der Waals surface area contributed by atoms with Crippen LogP contribution in [0.15, 0.2) is 30.3 Å². The van der Waals surface area contributed by atoms with E-state index in [0.717, 1.165) is 18.4 Å². The van der Waals surface area contributed by atoms with Crippen LogP contribution in [0.3, 0.4) is 0 Å². The van der Waals surface area contributed by atoms with Crippen LogP contribution in [-0.4, -0.2) is 54.0 Å². The molecule has 6 nitrogen and oxygen atoms in total. The van der Waals surface area contributed by atoms with Gasteiger partial charge in [-0.05, 0) is 25.3 Å². The molecule has 6 heteroatoms. The first-order valence-electron chi connectivity index (χ1n) is 7.97. The lowest BCUT2D eigenvalue weighted by molar-refractivity contribution is -0.134. The smallest absolute Gasteiger partial charge is 0.410 e. The molecule has 1 aromatic rings. The summed E-state index contributed by atoms with van der Waals surface area (Å²) in [4.78, 5) is 27.5. The molecule has 0 saturated carbocycles. The SMILES string of the molecule is C[C@H](N)C(=O)N1CCCC(N(C)C(=O)OCc2ccccc2)C1. The van der Waals surface area contributed by atoms with Crippen molar-refractivity contribution in [3.63, 3.8) is 0 Å². The molecule has 0 bridgehead atoms. The van der Waals surface area contributed by atoms with Crippen LogP contribution in [0.4, 0.5) is 4.79 Å². The zero-order chi connectivity index (χ0) is 16.8. The van der Waals surface area contributed by atoms with Gasteiger partial charge in [-0.25, -0.2) is 4.79 Å². The number of likely N-dealkylation sites (tertiary alicyclic amines) is 1. The number of nitrogens with zero attached hydrogens (tertiary/aromatic N) is 2. The lowest BCUT2D eigenvalue weighted by Gasteiger charge is -2.37. The van der Waals surface area contributed by atoms with Crippen molar-refractivity contribution in [2.75, 3.05) is 20.1 Å². The van der Waals surface area contributed by atoms with Gasteiger partial charge in [0.25, 0.3) is 0 Å². The third kappa shape index (κ3) is 4.69. The highest BCUT2D eigenvalue weighted by Gasteiger charge is 2.30. The minimum atomic E-state index is -0.510. The number of nitrogens with two attached hydrogens (primary N) is 1. The lowest BCUT2D eigenvalue weighted by atomic mass is 10.0. The molecule has 1 aromatic carbocycles. The maximum absolute atomic E-state index is 12.2. The van der Waals surface area contributed by atoms with E-state index in [2.05, 4.69) is 0 Å². The highest BCUT2D eigenvalue weighted by molar-refractivity contribution is 5.81. The van der Waals surface area contributed by atoms with E-state index in [-0.39, 0.29) is 24.6 Å². The van der Waals surface area contributed by atoms with Crippen molar-refractivity contribution in [1.29, 1.82) is 0 Å². The van der Waals surface area contributed by atoms with Gasteiger partial charge in [-0.3, -0.25) is 4.79 Å². The van der Waals surface area contributed by atoms with Crippen LogP contribution in [0.5, 0.6) is 0 Å². The number of ether oxygens (including phenoxy) is 1. The number of benzene rings is 1. The molecule has 1 aliphatic rings. The second kappa shape index (κ2) is 7.97. The topological polar surface area (TPSA) is 75.9 Å². The lowest BCUT2D eigenvalue weighted by Crippen LogP contribution is -2.53. The van der Waals surface area contributed by atoms with Crippen LogP contribution in [0, 0.1) is 0 Å². The van der Waals surface area contributed by atoms with Crippen LogP contribution < -0.4 is 5.73 Å². The van der Waals surface area contributed by atoms with Gasteiger partial charge in [0.05, 0.1) is 12.1 Å². The molecule has 0 radical (unpaired) electrons. The first-order chi connectivity index (χ1) is 11.0. The Morgan fingerprint density at radius 1 is 1.39 bits per heavy atom. The molecule has 1 aliphatic heterocycles. The molecule has 23 heavy (non-hydrogen) atoms. The van der Waals surface area contributed by atoms with Crippen LogP contribution >= 0.6 is 0 Å². The molecule has 0 aromatic heterocycles. The number of carbonyl (C=O) groups excluding carboxylic acids is 2. The van der Waals surface area contributed by atoms with Crippen LogP contribution in [0.1, 0.15) is 25.3 Å². The Morgan fingerprint density at radius 3 is 2.74 bits per heavy atom. The van der Waals surface area contributed by atoms with E-state index in [1.807, 2.05) is 30.3 Å². The number of piperidine rings is 1. The Morgan fingerprint density at radius 2 is 2.09 bits per heavy atom. The Kier molecular flexibility index (Phi) is 5.98. The molecule has 1 fully saturated rings. The normalized spacial score (nSPS) is 19.1. The minimum Gasteiger partial charge on any atom is -0.445 e. The van der Waals surface area contributed by atoms with E-state index in [4.69, 9.17) is 10.5 Å². The highest BCUT2D eigenvalue weighted by atomic mass is 16.6. The number of hydrogen-bond donors (Lipinski definition) is 1. The minimum absolute atomic E-state index is 0.0327. The van der Waals surface area contributed by atoms with Crippen molar-refractivity contribution < 1.29 is 14.3 Å². The van der Waals surface area contributed by atoms with Crippen molar-refractivity contribution in [2.24, 2.45) is 5.73 Å². The fraction of sp³-hybridized carbons (Fsp3) is 0.529. The largest absolute Gasteiger partial charge is 0.445 e. The third-order valence-corrected chi connectivity index (χ3v) is 4.14. The predicted octanol–water partition coefficient (Wildman–Crippen LogP) is 1.59. The van der Waals surface area contributed by atoms with E-state index in [1.54, 1.807) is 23.8 Å². The quantitative estimate of drug-likeness (QED) is 0.914. The summed E-state index contributed by atoms with van der Waals surface area (Å²) in [6.07, 6.45) is 1.35. The average Bonchev–Trinajstić information content (AvgIpc) is 2.59. The monoisotopic (exact) mass is 319 g/mol. The summed E-state index contributed by atoms with van der Waals surface area (Å²) >= 11 is 0. The number of hydrogen-bond acceptors (Lipinski definition) is 4. The summed E-state index contributed by atoms with van der Waals surface area (Å²) in [5.41, 5.74) is 6.61. The third-order valence-electron chi connectivity index (χ3n) is 4.14. The zero-order valence-corrected chi connectivity index (χ0v) is 13.8. The van der Waals surface area contributed by atoms with Crippen molar-refractivity contribution in [3.8, 4) is 0 Å². The highest BCUT2D eigenvalue weighted by Crippen LogP contribution is 2.16. The van der Waals surface area contributed by atoms with Crippen molar-refractivity contribution in [3.05, 3.63) is 35.9 Å². The molecule has 0 aliphatic carbocycles. The number of rotatable bonds is 4. The second-order valence-corrected chi connectivity index (χ2v) is 6.02. The average molecular weight is 319 g/mol. The number of amides is 2. The van der Waals surface area contributed by atoms with Gasteiger partial charge in [0, 0.05) is 20.1 Å². The van der Waals surface area contributed by atoms with Crippen LogP contribution in [0.2, 0.25) is 0 Å². The Bertz CT molecular complexity index is 533. The Labute approximate surface area is 137 Å². The van der Waals surface area contributed by atoms with E-state index < -0.39 is 6.04 Å². The number of likely N-dealkylation sites (N-methyl/N-ethyl adjacent to an activating group) is 1. The van der Waals surface area contributed by atoms with Crippen molar-refractivity contribution in [1.82, 2.24) is 9.80 Å². The van der Waals surface area contributed by atoms with E-state index in [0.29, 0.717) is 13.1 Å². The van der Waals surface area contributed by atoms with E-state index in [9.17, 15) is 9.59 Å². The van der Waals surface area contributed by atoms with Gasteiger partial charge in [0.15, 0.2) is 0 Å². The van der Waals surface area contributed by atoms with Crippen molar-refractivity contribution >= 4 is 12.0 Å². The van der Waals surface area contributed by atoms with E-state index >= 15 is 0 Å². The molecule has 1 unspecified atom stereocenters. The maximum Gasteiger partial charge on any atom is 0.410 e. The summed E-state index contributed by atoms with van der Waals surface area (Å²) in [5, 5.41) is 0. The summed E-state index contributed by atoms with van der Waals surface area (Å²) in [5.74, 6) is -0.0687.